The van der Waals surface area contributed by atoms with Crippen LogP contribution in [0.1, 0.15) is 61.6 Å². The van der Waals surface area contributed by atoms with Crippen molar-refractivity contribution >= 4 is 5.97 Å². The Hall–Kier alpha value is -1.47. The molecule has 2 rings (SSSR count). The van der Waals surface area contributed by atoms with Crippen LogP contribution in [0.3, 0.4) is 0 Å². The highest BCUT2D eigenvalue weighted by Crippen LogP contribution is 2.29. The molecule has 21 heavy (non-hydrogen) atoms. The van der Waals surface area contributed by atoms with Gasteiger partial charge in [0.1, 0.15) is 0 Å². The van der Waals surface area contributed by atoms with E-state index in [2.05, 4.69) is 15.6 Å². The lowest BCUT2D eigenvalue weighted by Gasteiger charge is -2.28. The molecule has 7 nitrogen and oxygen atoms in total. The number of nitrogens with one attached hydrogen (secondary N) is 1. The lowest BCUT2D eigenvalue weighted by molar-refractivity contribution is 0.0102. The van der Waals surface area contributed by atoms with Crippen molar-refractivity contribution in [2.45, 2.75) is 57.6 Å². The molecule has 7 heteroatoms. The molecule has 0 spiro atoms. The Bertz CT molecular complexity index is 490. The average molecular weight is 296 g/mol. The fourth-order valence-electron chi connectivity index (χ4n) is 2.84. The van der Waals surface area contributed by atoms with E-state index in [0.29, 0.717) is 25.1 Å². The highest BCUT2D eigenvalue weighted by atomic mass is 16.4. The first-order valence-corrected chi connectivity index (χ1v) is 7.60. The van der Waals surface area contributed by atoms with Crippen LogP contribution in [0.5, 0.6) is 0 Å². The average Bonchev–Trinajstić information content (AvgIpc) is 2.91. The Morgan fingerprint density at radius 3 is 2.52 bits per heavy atom. The second-order valence-electron chi connectivity index (χ2n) is 5.74. The van der Waals surface area contributed by atoms with Crippen molar-refractivity contribution in [1.82, 2.24) is 20.3 Å². The summed E-state index contributed by atoms with van der Waals surface area (Å²) in [4.78, 5) is 11.4. The zero-order valence-electron chi connectivity index (χ0n) is 12.7. The van der Waals surface area contributed by atoms with Crippen molar-refractivity contribution < 1.29 is 15.0 Å². The van der Waals surface area contributed by atoms with E-state index < -0.39 is 11.6 Å². The van der Waals surface area contributed by atoms with Gasteiger partial charge in [0, 0.05) is 5.92 Å². The fourth-order valence-corrected chi connectivity index (χ4v) is 2.84. The molecule has 1 aromatic heterocycles. The molecule has 0 amide bonds. The van der Waals surface area contributed by atoms with E-state index in [0.717, 1.165) is 25.9 Å². The van der Waals surface area contributed by atoms with Crippen LogP contribution >= 0.6 is 0 Å². The summed E-state index contributed by atoms with van der Waals surface area (Å²) in [5.74, 6) is -0.920. The zero-order chi connectivity index (χ0) is 15.5. The standard InChI is InChI=1S/C14H24N4O3/c1-3-14(21,4-2)9-18-12(10-5-7-15-8-6-10)11(13(19)20)16-17-18/h10,15,21H,3-9H2,1-2H3,(H,19,20). The molecule has 1 aromatic rings. The molecule has 0 atom stereocenters. The molecule has 0 saturated carbocycles. The van der Waals surface area contributed by atoms with Crippen LogP contribution in [-0.4, -0.2) is 49.9 Å². The van der Waals surface area contributed by atoms with Crippen molar-refractivity contribution in [2.24, 2.45) is 0 Å². The van der Waals surface area contributed by atoms with E-state index in [9.17, 15) is 15.0 Å². The summed E-state index contributed by atoms with van der Waals surface area (Å²) < 4.78 is 1.60. The number of carbonyl (C=O) groups is 1. The Labute approximate surface area is 124 Å². The molecule has 3 N–H and O–H groups in total. The number of nitrogens with zero attached hydrogens (tertiary/aromatic N) is 3. The number of hydrogen-bond acceptors (Lipinski definition) is 5. The number of hydrogen-bond donors (Lipinski definition) is 3. The smallest absolute Gasteiger partial charge is 0.358 e. The molecule has 2 heterocycles. The molecule has 0 aliphatic carbocycles. The summed E-state index contributed by atoms with van der Waals surface area (Å²) >= 11 is 0. The predicted molar refractivity (Wildman–Crippen MR) is 77.4 cm³/mol. The van der Waals surface area contributed by atoms with Gasteiger partial charge in [0.15, 0.2) is 5.69 Å². The molecule has 0 aromatic carbocycles. The minimum Gasteiger partial charge on any atom is -0.476 e. The van der Waals surface area contributed by atoms with Crippen molar-refractivity contribution in [1.29, 1.82) is 0 Å². The summed E-state index contributed by atoms with van der Waals surface area (Å²) in [5.41, 5.74) is -0.189. The van der Waals surface area contributed by atoms with Gasteiger partial charge in [0.05, 0.1) is 17.8 Å². The molecule has 1 aliphatic rings. The number of aromatic nitrogens is 3. The van der Waals surface area contributed by atoms with Crippen LogP contribution in [0.15, 0.2) is 0 Å². The fraction of sp³-hybridized carbons (Fsp3) is 0.786. The van der Waals surface area contributed by atoms with Crippen LogP contribution in [0, 0.1) is 0 Å². The van der Waals surface area contributed by atoms with Crippen LogP contribution in [-0.2, 0) is 6.54 Å². The summed E-state index contributed by atoms with van der Waals surface area (Å²) in [6.07, 6.45) is 2.92. The van der Waals surface area contributed by atoms with Crippen LogP contribution < -0.4 is 5.32 Å². The molecule has 1 saturated heterocycles. The third-order valence-electron chi connectivity index (χ3n) is 4.46. The van der Waals surface area contributed by atoms with Gasteiger partial charge in [0.2, 0.25) is 0 Å². The predicted octanol–water partition coefficient (Wildman–Crippen LogP) is 0.994. The van der Waals surface area contributed by atoms with E-state index in [1.807, 2.05) is 13.8 Å². The number of rotatable bonds is 6. The van der Waals surface area contributed by atoms with Gasteiger partial charge in [-0.25, -0.2) is 9.48 Å². The number of aromatic carboxylic acids is 1. The number of carboxylic acid groups (broad SMARTS) is 1. The topological polar surface area (TPSA) is 100 Å². The van der Waals surface area contributed by atoms with Gasteiger partial charge in [-0.2, -0.15) is 0 Å². The summed E-state index contributed by atoms with van der Waals surface area (Å²) in [6.45, 7) is 5.85. The van der Waals surface area contributed by atoms with Crippen LogP contribution in [0.4, 0.5) is 0 Å². The molecule has 0 bridgehead atoms. The van der Waals surface area contributed by atoms with Crippen molar-refractivity contribution in [3.05, 3.63) is 11.4 Å². The van der Waals surface area contributed by atoms with Gasteiger partial charge in [-0.3, -0.25) is 0 Å². The molecule has 0 radical (unpaired) electrons. The first kappa shape index (κ1) is 15.9. The van der Waals surface area contributed by atoms with Gasteiger partial charge in [0.25, 0.3) is 0 Å². The maximum atomic E-state index is 11.4. The van der Waals surface area contributed by atoms with Gasteiger partial charge in [-0.1, -0.05) is 19.1 Å². The first-order chi connectivity index (χ1) is 10.0. The Balaban J connectivity index is 2.34. The van der Waals surface area contributed by atoms with Crippen molar-refractivity contribution in [3.8, 4) is 0 Å². The highest BCUT2D eigenvalue weighted by Gasteiger charge is 2.31. The van der Waals surface area contributed by atoms with Gasteiger partial charge < -0.3 is 15.5 Å². The SMILES string of the molecule is CCC(O)(CC)Cn1nnc(C(=O)O)c1C1CCNCC1. The molecule has 118 valence electrons. The summed E-state index contributed by atoms with van der Waals surface area (Å²) in [6, 6.07) is 0. The van der Waals surface area contributed by atoms with E-state index in [1.165, 1.54) is 0 Å². The monoisotopic (exact) mass is 296 g/mol. The van der Waals surface area contributed by atoms with Crippen molar-refractivity contribution in [3.63, 3.8) is 0 Å². The maximum Gasteiger partial charge on any atom is 0.358 e. The lowest BCUT2D eigenvalue weighted by Crippen LogP contribution is -2.35. The normalized spacial score (nSPS) is 17.1. The highest BCUT2D eigenvalue weighted by molar-refractivity contribution is 5.86. The quantitative estimate of drug-likeness (QED) is 0.724. The molecule has 1 fully saturated rings. The number of piperidine rings is 1. The van der Waals surface area contributed by atoms with Crippen LogP contribution in [0.2, 0.25) is 0 Å². The third-order valence-corrected chi connectivity index (χ3v) is 4.46. The molecular weight excluding hydrogens is 272 g/mol. The second-order valence-corrected chi connectivity index (χ2v) is 5.74. The van der Waals surface area contributed by atoms with Gasteiger partial charge in [-0.15, -0.1) is 5.10 Å². The van der Waals surface area contributed by atoms with Crippen LogP contribution in [0.25, 0.3) is 0 Å². The third kappa shape index (κ3) is 3.41. The molecular formula is C14H24N4O3. The minimum absolute atomic E-state index is 0.0245. The van der Waals surface area contributed by atoms with E-state index in [1.54, 1.807) is 4.68 Å². The minimum atomic E-state index is -1.05. The van der Waals surface area contributed by atoms with E-state index in [-0.39, 0.29) is 11.6 Å². The summed E-state index contributed by atoms with van der Waals surface area (Å²) in [5, 5.41) is 30.9. The number of carboxylic acids is 1. The van der Waals surface area contributed by atoms with Gasteiger partial charge in [-0.05, 0) is 38.8 Å². The largest absolute Gasteiger partial charge is 0.476 e. The second kappa shape index (κ2) is 6.53. The molecule has 0 unspecified atom stereocenters. The number of aliphatic hydroxyl groups is 1. The maximum absolute atomic E-state index is 11.4. The van der Waals surface area contributed by atoms with Gasteiger partial charge >= 0.3 is 5.97 Å². The summed E-state index contributed by atoms with van der Waals surface area (Å²) in [7, 11) is 0. The van der Waals surface area contributed by atoms with E-state index in [4.69, 9.17) is 0 Å². The van der Waals surface area contributed by atoms with Crippen molar-refractivity contribution in [2.75, 3.05) is 13.1 Å². The lowest BCUT2D eigenvalue weighted by atomic mass is 9.92. The Morgan fingerprint density at radius 1 is 1.38 bits per heavy atom. The zero-order valence-corrected chi connectivity index (χ0v) is 12.7. The Kier molecular flexibility index (Phi) is 4.95. The first-order valence-electron chi connectivity index (χ1n) is 7.60. The Morgan fingerprint density at radius 2 is 2.00 bits per heavy atom. The molecule has 1 aliphatic heterocycles. The van der Waals surface area contributed by atoms with E-state index >= 15 is 0 Å².